The molecule has 0 spiro atoms. The van der Waals surface area contributed by atoms with E-state index in [9.17, 15) is 4.79 Å². The average molecular weight is 644 g/mol. The Labute approximate surface area is 268 Å². The maximum absolute atomic E-state index is 13.2. The molecule has 0 radical (unpaired) electrons. The molecule has 0 saturated carbocycles. The highest BCUT2D eigenvalue weighted by molar-refractivity contribution is 8.27. The van der Waals surface area contributed by atoms with E-state index in [0.29, 0.717) is 32.9 Å². The Morgan fingerprint density at radius 2 is 1.50 bits per heavy atom. The van der Waals surface area contributed by atoms with Gasteiger partial charge in [-0.15, -0.1) is 24.8 Å². The number of thiocarbonyl (C=S) groups is 1. The molecule has 2 fully saturated rings. The Hall–Kier alpha value is -3.10. The van der Waals surface area contributed by atoms with Gasteiger partial charge in [0.15, 0.2) is 4.32 Å². The molecule has 2 heterocycles. The first-order chi connectivity index (χ1) is 19.5. The molecule has 11 heteroatoms. The van der Waals surface area contributed by atoms with Crippen molar-refractivity contribution in [3.63, 3.8) is 0 Å². The molecule has 5 rings (SSSR count). The van der Waals surface area contributed by atoms with Gasteiger partial charge in [-0.2, -0.15) is 5.26 Å². The molecule has 7 nitrogen and oxygen atoms in total. The van der Waals surface area contributed by atoms with Crippen molar-refractivity contribution in [3.05, 3.63) is 88.8 Å². The second kappa shape index (κ2) is 15.9. The molecule has 2 aliphatic rings. The van der Waals surface area contributed by atoms with Crippen LogP contribution in [0.3, 0.4) is 0 Å². The van der Waals surface area contributed by atoms with E-state index in [1.165, 1.54) is 11.8 Å². The third kappa shape index (κ3) is 8.71. The minimum atomic E-state index is -0.145. The number of piperazine rings is 1. The van der Waals surface area contributed by atoms with Gasteiger partial charge < -0.3 is 19.3 Å². The van der Waals surface area contributed by atoms with Gasteiger partial charge in [0.05, 0.1) is 28.8 Å². The number of anilines is 1. The third-order valence-electron chi connectivity index (χ3n) is 6.77. The molecule has 0 aliphatic carbocycles. The van der Waals surface area contributed by atoms with Crippen molar-refractivity contribution in [2.45, 2.75) is 6.42 Å². The number of nitrogens with zero attached hydrogens (tertiary/aromatic N) is 4. The summed E-state index contributed by atoms with van der Waals surface area (Å²) in [5.74, 6) is 1.95. The van der Waals surface area contributed by atoms with Gasteiger partial charge in [-0.25, -0.2) is 0 Å². The summed E-state index contributed by atoms with van der Waals surface area (Å²) in [6.07, 6.45) is 2.82. The summed E-state index contributed by atoms with van der Waals surface area (Å²) in [6, 6.07) is 24.0. The van der Waals surface area contributed by atoms with Crippen LogP contribution in [0.25, 0.3) is 6.08 Å². The van der Waals surface area contributed by atoms with E-state index >= 15 is 0 Å². The minimum absolute atomic E-state index is 0. The Bertz CT molecular complexity index is 1420. The van der Waals surface area contributed by atoms with Crippen LogP contribution in [-0.2, 0) is 4.79 Å². The number of thioether (sulfide) groups is 1. The Balaban J connectivity index is 0.00000242. The largest absolute Gasteiger partial charge is 0.494 e. The van der Waals surface area contributed by atoms with Crippen LogP contribution in [0.15, 0.2) is 77.7 Å². The molecule has 220 valence electrons. The van der Waals surface area contributed by atoms with Crippen molar-refractivity contribution in [1.82, 2.24) is 9.80 Å². The minimum Gasteiger partial charge on any atom is -0.494 e. The van der Waals surface area contributed by atoms with E-state index in [-0.39, 0.29) is 30.7 Å². The fourth-order valence-electron chi connectivity index (χ4n) is 4.45. The number of nitriles is 1. The predicted molar refractivity (Wildman–Crippen MR) is 178 cm³/mol. The maximum atomic E-state index is 13.2. The van der Waals surface area contributed by atoms with Gasteiger partial charge in [-0.3, -0.25) is 9.69 Å². The summed E-state index contributed by atoms with van der Waals surface area (Å²) in [7, 11) is 2.17. The standard InChI is InChI=1S/C31H30N4O3S2.2ClH/c1-33-16-18-34(19-17-33)15-2-20-37-26-13-7-25(8-14-26)35-30(36)29(40-31(35)39)21-23-3-9-27(10-4-23)38-28-11-5-24(22-32)6-12-28;;/h3-14,21H,2,15-20H2,1H3;2*1H/b29-21-;;. The van der Waals surface area contributed by atoms with Crippen LogP contribution in [-0.4, -0.2) is 66.4 Å². The number of amides is 1. The van der Waals surface area contributed by atoms with Crippen LogP contribution < -0.4 is 14.4 Å². The summed E-state index contributed by atoms with van der Waals surface area (Å²) in [4.78, 5) is 20.2. The molecule has 0 atom stereocenters. The number of ether oxygens (including phenoxy) is 2. The molecule has 3 aromatic carbocycles. The predicted octanol–water partition coefficient (Wildman–Crippen LogP) is 6.62. The van der Waals surface area contributed by atoms with E-state index in [1.807, 2.05) is 54.6 Å². The van der Waals surface area contributed by atoms with Gasteiger partial charge in [0, 0.05) is 32.7 Å². The summed E-state index contributed by atoms with van der Waals surface area (Å²) >= 11 is 6.83. The van der Waals surface area contributed by atoms with E-state index in [0.717, 1.165) is 56.1 Å². The lowest BCUT2D eigenvalue weighted by Gasteiger charge is -2.32. The molecule has 1 amide bonds. The second-order valence-corrected chi connectivity index (χ2v) is 11.3. The number of hydrogen-bond donors (Lipinski definition) is 0. The van der Waals surface area contributed by atoms with Crippen molar-refractivity contribution in [2.24, 2.45) is 0 Å². The number of hydrogen-bond acceptors (Lipinski definition) is 8. The van der Waals surface area contributed by atoms with Crippen LogP contribution in [0.5, 0.6) is 17.2 Å². The Kier molecular flexibility index (Phi) is 12.7. The lowest BCUT2D eigenvalue weighted by molar-refractivity contribution is -0.113. The number of carbonyl (C=O) groups excluding carboxylic acids is 1. The van der Waals surface area contributed by atoms with Crippen LogP contribution in [0.1, 0.15) is 17.5 Å². The van der Waals surface area contributed by atoms with Crippen molar-refractivity contribution < 1.29 is 14.3 Å². The first-order valence-corrected chi connectivity index (χ1v) is 14.4. The summed E-state index contributed by atoms with van der Waals surface area (Å²) < 4.78 is 12.3. The molecular weight excluding hydrogens is 611 g/mol. The fraction of sp³-hybridized carbons (Fsp3) is 0.258. The number of carbonyl (C=O) groups is 1. The summed E-state index contributed by atoms with van der Waals surface area (Å²) in [6.45, 7) is 6.17. The lowest BCUT2D eigenvalue weighted by atomic mass is 10.2. The van der Waals surface area contributed by atoms with Crippen molar-refractivity contribution in [3.8, 4) is 23.3 Å². The van der Waals surface area contributed by atoms with Crippen molar-refractivity contribution in [1.29, 1.82) is 5.26 Å². The number of rotatable bonds is 9. The van der Waals surface area contributed by atoms with Gasteiger partial charge in [0.25, 0.3) is 5.91 Å². The summed E-state index contributed by atoms with van der Waals surface area (Å²) in [5, 5.41) is 8.93. The first kappa shape index (κ1) is 33.4. The van der Waals surface area contributed by atoms with Gasteiger partial charge >= 0.3 is 0 Å². The zero-order valence-electron chi connectivity index (χ0n) is 23.1. The lowest BCUT2D eigenvalue weighted by Crippen LogP contribution is -2.44. The SMILES string of the molecule is CN1CCN(CCCOc2ccc(N3C(=O)/C(=C/c4ccc(Oc5ccc(C#N)cc5)cc4)SC3=S)cc2)CC1.Cl.Cl. The first-order valence-electron chi connectivity index (χ1n) is 13.2. The van der Waals surface area contributed by atoms with Crippen molar-refractivity contribution in [2.75, 3.05) is 51.3 Å². The zero-order valence-corrected chi connectivity index (χ0v) is 26.4. The van der Waals surface area contributed by atoms with E-state index in [4.69, 9.17) is 27.0 Å². The quantitative estimate of drug-likeness (QED) is 0.147. The molecule has 42 heavy (non-hydrogen) atoms. The van der Waals surface area contributed by atoms with Crippen LogP contribution in [0.4, 0.5) is 5.69 Å². The smallest absolute Gasteiger partial charge is 0.270 e. The van der Waals surface area contributed by atoms with Crippen LogP contribution in [0, 0.1) is 11.3 Å². The Morgan fingerprint density at radius 1 is 0.905 bits per heavy atom. The highest BCUT2D eigenvalue weighted by Crippen LogP contribution is 2.36. The molecule has 2 aliphatic heterocycles. The van der Waals surface area contributed by atoms with Gasteiger partial charge in [-0.05, 0) is 85.8 Å². The van der Waals surface area contributed by atoms with E-state index in [2.05, 4.69) is 22.9 Å². The topological polar surface area (TPSA) is 69.0 Å². The van der Waals surface area contributed by atoms with E-state index < -0.39 is 0 Å². The monoisotopic (exact) mass is 642 g/mol. The normalized spacial score (nSPS) is 16.5. The van der Waals surface area contributed by atoms with Gasteiger partial charge in [0.2, 0.25) is 0 Å². The van der Waals surface area contributed by atoms with Gasteiger partial charge in [0.1, 0.15) is 17.2 Å². The average Bonchev–Trinajstić information content (AvgIpc) is 3.26. The molecule has 0 aromatic heterocycles. The molecule has 0 unspecified atom stereocenters. The molecule has 3 aromatic rings. The molecule has 0 N–H and O–H groups in total. The Morgan fingerprint density at radius 3 is 2.12 bits per heavy atom. The number of halogens is 2. The molecule has 0 bridgehead atoms. The molecule has 2 saturated heterocycles. The van der Waals surface area contributed by atoms with Crippen LogP contribution in [0.2, 0.25) is 0 Å². The fourth-order valence-corrected chi connectivity index (χ4v) is 5.75. The number of benzene rings is 3. The second-order valence-electron chi connectivity index (χ2n) is 9.67. The van der Waals surface area contributed by atoms with E-state index in [1.54, 1.807) is 29.2 Å². The number of likely N-dealkylation sites (N-methyl/N-ethyl adjacent to an activating group) is 1. The van der Waals surface area contributed by atoms with Gasteiger partial charge in [-0.1, -0.05) is 36.1 Å². The highest BCUT2D eigenvalue weighted by Gasteiger charge is 2.33. The zero-order chi connectivity index (χ0) is 27.9. The summed E-state index contributed by atoms with van der Waals surface area (Å²) in [5.41, 5.74) is 2.17. The maximum Gasteiger partial charge on any atom is 0.270 e. The third-order valence-corrected chi connectivity index (χ3v) is 8.07. The highest BCUT2D eigenvalue weighted by atomic mass is 35.5. The molecular formula is C31H32Cl2N4O3S2. The van der Waals surface area contributed by atoms with Crippen molar-refractivity contribution >= 4 is 70.8 Å². The van der Waals surface area contributed by atoms with Crippen LogP contribution >= 0.6 is 48.8 Å².